The van der Waals surface area contributed by atoms with Crippen molar-refractivity contribution in [3.8, 4) is 28.7 Å². The number of benzene rings is 3. The summed E-state index contributed by atoms with van der Waals surface area (Å²) in [5.41, 5.74) is 2.19. The minimum absolute atomic E-state index is 0.146. The molecule has 0 aliphatic carbocycles. The van der Waals surface area contributed by atoms with Gasteiger partial charge >= 0.3 is 0 Å². The third-order valence-corrected chi connectivity index (χ3v) is 4.86. The van der Waals surface area contributed by atoms with Crippen molar-refractivity contribution in [2.75, 3.05) is 0 Å². The molecule has 0 radical (unpaired) electrons. The molecule has 0 saturated heterocycles. The van der Waals surface area contributed by atoms with E-state index in [1.165, 1.54) is 16.8 Å². The second-order valence-electron chi connectivity index (χ2n) is 6.83. The molecule has 0 N–H and O–H groups in total. The van der Waals surface area contributed by atoms with E-state index in [0.29, 0.717) is 27.7 Å². The predicted octanol–water partition coefficient (Wildman–Crippen LogP) is 4.55. The highest BCUT2D eigenvalue weighted by atomic mass is 19.1. The molecule has 0 unspecified atom stereocenters. The monoisotopic (exact) mass is 398 g/mol. The normalized spacial score (nSPS) is 11.1. The standard InChI is InChI=1S/C23H15FN4O2/c1-14-7-2-5-12-19(14)28-23(29)18-11-4-3-10-17(18)20(26-28)22-25-21(27-30-22)15-8-6-9-16(24)13-15/h2-13H,1H3. The van der Waals surface area contributed by atoms with E-state index in [4.69, 9.17) is 4.52 Å². The van der Waals surface area contributed by atoms with Crippen LogP contribution in [0.2, 0.25) is 0 Å². The summed E-state index contributed by atoms with van der Waals surface area (Å²) < 4.78 is 20.4. The average Bonchev–Trinajstić information content (AvgIpc) is 3.25. The van der Waals surface area contributed by atoms with Crippen LogP contribution < -0.4 is 5.56 Å². The Balaban J connectivity index is 1.75. The zero-order valence-electron chi connectivity index (χ0n) is 15.9. The lowest BCUT2D eigenvalue weighted by Gasteiger charge is -2.11. The minimum Gasteiger partial charge on any atom is -0.332 e. The lowest BCUT2D eigenvalue weighted by atomic mass is 10.1. The van der Waals surface area contributed by atoms with Gasteiger partial charge in [0.2, 0.25) is 5.82 Å². The van der Waals surface area contributed by atoms with Crippen LogP contribution in [0.15, 0.2) is 82.1 Å². The molecule has 0 amide bonds. The maximum atomic E-state index is 13.6. The summed E-state index contributed by atoms with van der Waals surface area (Å²) in [6.45, 7) is 1.91. The summed E-state index contributed by atoms with van der Waals surface area (Å²) in [4.78, 5) is 17.5. The summed E-state index contributed by atoms with van der Waals surface area (Å²) in [5, 5.41) is 9.61. The molecule has 0 spiro atoms. The molecule has 7 heteroatoms. The number of fused-ring (bicyclic) bond motifs is 1. The Labute approximate surface area is 170 Å². The summed E-state index contributed by atoms with van der Waals surface area (Å²) in [5.74, 6) is -0.00709. The van der Waals surface area contributed by atoms with Crippen molar-refractivity contribution in [2.45, 2.75) is 6.92 Å². The zero-order chi connectivity index (χ0) is 20.7. The Kier molecular flexibility index (Phi) is 4.21. The second kappa shape index (κ2) is 7.04. The van der Waals surface area contributed by atoms with Gasteiger partial charge in [0.1, 0.15) is 5.82 Å². The van der Waals surface area contributed by atoms with Crippen molar-refractivity contribution in [3.63, 3.8) is 0 Å². The van der Waals surface area contributed by atoms with Crippen LogP contribution in [0, 0.1) is 12.7 Å². The molecular formula is C23H15FN4O2. The first kappa shape index (κ1) is 17.9. The van der Waals surface area contributed by atoms with Crippen LogP contribution in [0.5, 0.6) is 0 Å². The smallest absolute Gasteiger partial charge is 0.279 e. The van der Waals surface area contributed by atoms with Gasteiger partial charge in [0, 0.05) is 10.9 Å². The van der Waals surface area contributed by atoms with Crippen molar-refractivity contribution in [1.29, 1.82) is 0 Å². The molecule has 0 fully saturated rings. The first-order valence-electron chi connectivity index (χ1n) is 9.30. The van der Waals surface area contributed by atoms with E-state index in [-0.39, 0.29) is 17.3 Å². The third-order valence-electron chi connectivity index (χ3n) is 4.86. The number of hydrogen-bond donors (Lipinski definition) is 0. The summed E-state index contributed by atoms with van der Waals surface area (Å²) in [7, 11) is 0. The fourth-order valence-electron chi connectivity index (χ4n) is 3.38. The van der Waals surface area contributed by atoms with Crippen molar-refractivity contribution < 1.29 is 8.91 Å². The molecule has 0 aliphatic rings. The number of para-hydroxylation sites is 1. The van der Waals surface area contributed by atoms with Crippen LogP contribution in [0.3, 0.4) is 0 Å². The number of aryl methyl sites for hydroxylation is 1. The quantitative estimate of drug-likeness (QED) is 0.446. The molecule has 30 heavy (non-hydrogen) atoms. The summed E-state index contributed by atoms with van der Waals surface area (Å²) in [6.07, 6.45) is 0. The Morgan fingerprint density at radius 1 is 0.933 bits per heavy atom. The van der Waals surface area contributed by atoms with Gasteiger partial charge in [-0.2, -0.15) is 14.8 Å². The van der Waals surface area contributed by atoms with E-state index in [1.807, 2.05) is 37.3 Å². The van der Waals surface area contributed by atoms with Gasteiger partial charge in [-0.25, -0.2) is 4.39 Å². The van der Waals surface area contributed by atoms with Gasteiger partial charge < -0.3 is 4.52 Å². The van der Waals surface area contributed by atoms with Gasteiger partial charge in [0.05, 0.1) is 11.1 Å². The van der Waals surface area contributed by atoms with Crippen LogP contribution in [-0.2, 0) is 0 Å². The number of hydrogen-bond acceptors (Lipinski definition) is 5. The molecule has 0 saturated carbocycles. The maximum Gasteiger partial charge on any atom is 0.279 e. The molecule has 2 heterocycles. The fraction of sp³-hybridized carbons (Fsp3) is 0.0435. The Morgan fingerprint density at radius 2 is 1.70 bits per heavy atom. The first-order valence-corrected chi connectivity index (χ1v) is 9.30. The van der Waals surface area contributed by atoms with Crippen molar-refractivity contribution in [1.82, 2.24) is 19.9 Å². The van der Waals surface area contributed by atoms with Crippen LogP contribution in [0.4, 0.5) is 4.39 Å². The highest BCUT2D eigenvalue weighted by Gasteiger charge is 2.19. The number of rotatable bonds is 3. The molecule has 0 atom stereocenters. The largest absolute Gasteiger partial charge is 0.332 e. The molecule has 0 aliphatic heterocycles. The van der Waals surface area contributed by atoms with Crippen molar-refractivity contribution in [2.24, 2.45) is 0 Å². The fourth-order valence-corrected chi connectivity index (χ4v) is 3.38. The van der Waals surface area contributed by atoms with Gasteiger partial charge in [0.15, 0.2) is 5.69 Å². The van der Waals surface area contributed by atoms with E-state index >= 15 is 0 Å². The SMILES string of the molecule is Cc1ccccc1-n1nc(-c2nc(-c3cccc(F)c3)no2)c2ccccc2c1=O. The molecular weight excluding hydrogens is 383 g/mol. The van der Waals surface area contributed by atoms with Gasteiger partial charge in [-0.15, -0.1) is 0 Å². The average molecular weight is 398 g/mol. The number of nitrogens with zero attached hydrogens (tertiary/aromatic N) is 4. The third kappa shape index (κ3) is 2.97. The van der Waals surface area contributed by atoms with Crippen LogP contribution in [-0.4, -0.2) is 19.9 Å². The van der Waals surface area contributed by atoms with Crippen LogP contribution in [0.1, 0.15) is 5.56 Å². The predicted molar refractivity (Wildman–Crippen MR) is 111 cm³/mol. The maximum absolute atomic E-state index is 13.6. The number of aromatic nitrogens is 4. The van der Waals surface area contributed by atoms with Crippen LogP contribution in [0.25, 0.3) is 39.4 Å². The van der Waals surface area contributed by atoms with Gasteiger partial charge in [-0.1, -0.05) is 53.7 Å². The second-order valence-corrected chi connectivity index (χ2v) is 6.83. The molecule has 5 rings (SSSR count). The van der Waals surface area contributed by atoms with Crippen molar-refractivity contribution >= 4 is 10.8 Å². The van der Waals surface area contributed by atoms with Gasteiger partial charge in [0.25, 0.3) is 11.4 Å². The summed E-state index contributed by atoms with van der Waals surface area (Å²) in [6, 6.07) is 20.6. The zero-order valence-corrected chi connectivity index (χ0v) is 15.9. The van der Waals surface area contributed by atoms with E-state index in [2.05, 4.69) is 15.2 Å². The Bertz CT molecular complexity index is 1460. The molecule has 3 aromatic carbocycles. The lowest BCUT2D eigenvalue weighted by molar-refractivity contribution is 0.430. The minimum atomic E-state index is -0.393. The van der Waals surface area contributed by atoms with Gasteiger partial charge in [-0.05, 0) is 36.8 Å². The van der Waals surface area contributed by atoms with E-state index < -0.39 is 5.82 Å². The van der Waals surface area contributed by atoms with E-state index in [1.54, 1.807) is 30.3 Å². The van der Waals surface area contributed by atoms with E-state index in [0.717, 1.165) is 5.56 Å². The Morgan fingerprint density at radius 3 is 2.50 bits per heavy atom. The lowest BCUT2D eigenvalue weighted by Crippen LogP contribution is -2.23. The molecule has 0 bridgehead atoms. The number of halogens is 1. The summed E-state index contributed by atoms with van der Waals surface area (Å²) >= 11 is 0. The van der Waals surface area contributed by atoms with E-state index in [9.17, 15) is 9.18 Å². The van der Waals surface area contributed by atoms with Crippen LogP contribution >= 0.6 is 0 Å². The molecule has 5 aromatic rings. The molecule has 146 valence electrons. The highest BCUT2D eigenvalue weighted by Crippen LogP contribution is 2.27. The topological polar surface area (TPSA) is 73.8 Å². The molecule has 2 aromatic heterocycles. The molecule has 6 nitrogen and oxygen atoms in total. The first-order chi connectivity index (χ1) is 14.6. The highest BCUT2D eigenvalue weighted by molar-refractivity contribution is 5.92. The Hall–Kier alpha value is -4.13. The van der Waals surface area contributed by atoms with Crippen molar-refractivity contribution in [3.05, 3.63) is 94.5 Å². The van der Waals surface area contributed by atoms with Gasteiger partial charge in [-0.3, -0.25) is 4.79 Å².